The second-order valence-corrected chi connectivity index (χ2v) is 6.18. The highest BCUT2D eigenvalue weighted by Gasteiger charge is 2.28. The zero-order valence-electron chi connectivity index (χ0n) is 15.0. The van der Waals surface area contributed by atoms with Gasteiger partial charge in [0.1, 0.15) is 5.56 Å². The number of hydrogen-bond donors (Lipinski definition) is 2. The molecule has 5 heteroatoms. The van der Waals surface area contributed by atoms with Gasteiger partial charge >= 0.3 is 5.97 Å². The summed E-state index contributed by atoms with van der Waals surface area (Å²) < 4.78 is 12.5. The Balaban J connectivity index is 3.58. The van der Waals surface area contributed by atoms with E-state index in [0.29, 0.717) is 30.4 Å². The summed E-state index contributed by atoms with van der Waals surface area (Å²) >= 11 is 0. The van der Waals surface area contributed by atoms with Crippen LogP contribution in [0.4, 0.5) is 4.53 Å². The SMILES string of the molecule is CCCCc1c(O)c(O)c(C(=O)OF)c(CCCC)c1CCCC. The molecule has 0 unspecified atom stereocenters. The maximum absolute atomic E-state index is 12.5. The molecule has 24 heavy (non-hydrogen) atoms. The van der Waals surface area contributed by atoms with Crippen LogP contribution in [0.1, 0.15) is 86.3 Å². The Labute approximate surface area is 143 Å². The number of phenols is 2. The molecule has 4 nitrogen and oxygen atoms in total. The molecule has 0 radical (unpaired) electrons. The second kappa shape index (κ2) is 10.2. The highest BCUT2D eigenvalue weighted by Crippen LogP contribution is 2.41. The van der Waals surface area contributed by atoms with E-state index in [4.69, 9.17) is 0 Å². The summed E-state index contributed by atoms with van der Waals surface area (Å²) in [5.74, 6) is -2.11. The van der Waals surface area contributed by atoms with Crippen LogP contribution >= 0.6 is 0 Å². The number of carbonyl (C=O) groups is 1. The van der Waals surface area contributed by atoms with Gasteiger partial charge in [0.25, 0.3) is 0 Å². The molecule has 0 saturated carbocycles. The lowest BCUT2D eigenvalue weighted by Crippen LogP contribution is -2.11. The summed E-state index contributed by atoms with van der Waals surface area (Å²) in [6.45, 7) is 6.14. The molecule has 0 aliphatic heterocycles. The van der Waals surface area contributed by atoms with Gasteiger partial charge in [0.05, 0.1) is 0 Å². The normalized spacial score (nSPS) is 10.8. The highest BCUT2D eigenvalue weighted by atomic mass is 19.3. The lowest BCUT2D eigenvalue weighted by molar-refractivity contribution is -0.0791. The Kier molecular flexibility index (Phi) is 8.58. The van der Waals surface area contributed by atoms with Crippen LogP contribution in [0, 0.1) is 0 Å². The first-order valence-corrected chi connectivity index (χ1v) is 8.94. The smallest absolute Gasteiger partial charge is 0.383 e. The number of rotatable bonds is 10. The van der Waals surface area contributed by atoms with Gasteiger partial charge in [-0.2, -0.15) is 0 Å². The summed E-state index contributed by atoms with van der Waals surface area (Å²) in [6, 6.07) is 0. The molecule has 0 atom stereocenters. The zero-order chi connectivity index (χ0) is 18.1. The standard InChI is InChI=1S/C19H29FO4/c1-4-7-10-13-14(11-8-5-2)16(19(23)24-20)18(22)17(21)15(13)12-9-6-3/h21-22H,4-12H2,1-3H3. The van der Waals surface area contributed by atoms with Crippen LogP contribution in [0.3, 0.4) is 0 Å². The third-order valence-electron chi connectivity index (χ3n) is 4.39. The van der Waals surface area contributed by atoms with Crippen molar-refractivity contribution in [3.05, 3.63) is 22.3 Å². The molecular weight excluding hydrogens is 311 g/mol. The number of benzene rings is 1. The minimum absolute atomic E-state index is 0.227. The van der Waals surface area contributed by atoms with Crippen molar-refractivity contribution in [1.82, 2.24) is 0 Å². The summed E-state index contributed by atoms with van der Waals surface area (Å²) in [4.78, 5) is 15.2. The molecule has 0 bridgehead atoms. The highest BCUT2D eigenvalue weighted by molar-refractivity contribution is 5.95. The predicted octanol–water partition coefficient (Wildman–Crippen LogP) is 5.17. The van der Waals surface area contributed by atoms with E-state index in [-0.39, 0.29) is 11.3 Å². The van der Waals surface area contributed by atoms with Crippen molar-refractivity contribution in [2.45, 2.75) is 78.6 Å². The maximum atomic E-state index is 12.5. The van der Waals surface area contributed by atoms with Crippen LogP contribution in [0.2, 0.25) is 0 Å². The molecule has 1 rings (SSSR count). The van der Waals surface area contributed by atoms with Crippen LogP contribution in [0.15, 0.2) is 0 Å². The summed E-state index contributed by atoms with van der Waals surface area (Å²) in [7, 11) is 0. The number of unbranched alkanes of at least 4 members (excludes halogenated alkanes) is 3. The van der Waals surface area contributed by atoms with Crippen molar-refractivity contribution in [2.75, 3.05) is 0 Å². The van der Waals surface area contributed by atoms with Crippen LogP contribution in [0.5, 0.6) is 11.5 Å². The van der Waals surface area contributed by atoms with Crippen molar-refractivity contribution in [3.63, 3.8) is 0 Å². The van der Waals surface area contributed by atoms with Crippen molar-refractivity contribution in [2.24, 2.45) is 0 Å². The van der Waals surface area contributed by atoms with E-state index in [0.717, 1.165) is 44.1 Å². The van der Waals surface area contributed by atoms with Gasteiger partial charge in [-0.1, -0.05) is 40.0 Å². The molecule has 0 aliphatic rings. The topological polar surface area (TPSA) is 66.8 Å². The van der Waals surface area contributed by atoms with Gasteiger partial charge in [0.2, 0.25) is 0 Å². The molecule has 0 saturated heterocycles. The number of aromatic hydroxyl groups is 2. The van der Waals surface area contributed by atoms with E-state index < -0.39 is 11.7 Å². The van der Waals surface area contributed by atoms with Gasteiger partial charge in [0.15, 0.2) is 11.5 Å². The first-order chi connectivity index (χ1) is 11.5. The van der Waals surface area contributed by atoms with Crippen LogP contribution in [0.25, 0.3) is 0 Å². The van der Waals surface area contributed by atoms with Crippen molar-refractivity contribution < 1.29 is 24.5 Å². The van der Waals surface area contributed by atoms with Gasteiger partial charge in [-0.15, -0.1) is 0 Å². The Hall–Kier alpha value is -1.78. The van der Waals surface area contributed by atoms with E-state index in [1.54, 1.807) is 0 Å². The van der Waals surface area contributed by atoms with Crippen LogP contribution in [-0.2, 0) is 24.2 Å². The van der Waals surface area contributed by atoms with Crippen molar-refractivity contribution >= 4 is 5.97 Å². The predicted molar refractivity (Wildman–Crippen MR) is 92.1 cm³/mol. The number of halogens is 1. The van der Waals surface area contributed by atoms with E-state index in [2.05, 4.69) is 18.8 Å². The fourth-order valence-electron chi connectivity index (χ4n) is 3.05. The Morgan fingerprint density at radius 1 is 0.833 bits per heavy atom. The Bertz CT molecular complexity index is 555. The molecular formula is C19H29FO4. The quantitative estimate of drug-likeness (QED) is 0.577. The van der Waals surface area contributed by atoms with E-state index in [1.807, 2.05) is 6.92 Å². The summed E-state index contributed by atoms with van der Waals surface area (Å²) in [5, 5.41) is 20.7. The Morgan fingerprint density at radius 3 is 1.75 bits per heavy atom. The molecule has 136 valence electrons. The monoisotopic (exact) mass is 340 g/mol. The summed E-state index contributed by atoms with van der Waals surface area (Å²) in [6.07, 6.45) is 7.25. The summed E-state index contributed by atoms with van der Waals surface area (Å²) in [5.41, 5.74) is 1.95. The van der Waals surface area contributed by atoms with Gasteiger partial charge in [-0.3, -0.25) is 0 Å². The molecule has 2 N–H and O–H groups in total. The van der Waals surface area contributed by atoms with Gasteiger partial charge < -0.3 is 10.2 Å². The maximum Gasteiger partial charge on any atom is 0.383 e. The average molecular weight is 340 g/mol. The van der Waals surface area contributed by atoms with Crippen molar-refractivity contribution in [1.29, 1.82) is 0 Å². The van der Waals surface area contributed by atoms with E-state index in [9.17, 15) is 19.5 Å². The largest absolute Gasteiger partial charge is 0.504 e. The molecule has 0 amide bonds. The van der Waals surface area contributed by atoms with Gasteiger partial charge in [0, 0.05) is 10.1 Å². The van der Waals surface area contributed by atoms with E-state index >= 15 is 0 Å². The molecule has 0 heterocycles. The number of hydrogen-bond acceptors (Lipinski definition) is 4. The molecule has 0 spiro atoms. The first kappa shape index (κ1) is 20.3. The fourth-order valence-corrected chi connectivity index (χ4v) is 3.05. The minimum atomic E-state index is -1.24. The minimum Gasteiger partial charge on any atom is -0.504 e. The van der Waals surface area contributed by atoms with E-state index in [1.165, 1.54) is 0 Å². The zero-order valence-corrected chi connectivity index (χ0v) is 15.0. The van der Waals surface area contributed by atoms with Gasteiger partial charge in [-0.05, 0) is 49.7 Å². The third-order valence-corrected chi connectivity index (χ3v) is 4.39. The Morgan fingerprint density at radius 2 is 1.29 bits per heavy atom. The second-order valence-electron chi connectivity index (χ2n) is 6.18. The van der Waals surface area contributed by atoms with Crippen LogP contribution < -0.4 is 0 Å². The number of carbonyl (C=O) groups excluding carboxylic acids is 1. The van der Waals surface area contributed by atoms with Crippen molar-refractivity contribution in [3.8, 4) is 11.5 Å². The first-order valence-electron chi connectivity index (χ1n) is 8.94. The third kappa shape index (κ3) is 4.62. The lowest BCUT2D eigenvalue weighted by atomic mass is 9.86. The van der Waals surface area contributed by atoms with Crippen LogP contribution in [-0.4, -0.2) is 16.2 Å². The molecule has 1 aromatic carbocycles. The lowest BCUT2D eigenvalue weighted by Gasteiger charge is -2.20. The number of phenolic OH excluding ortho intramolecular Hbond substituents is 2. The molecule has 0 aliphatic carbocycles. The fraction of sp³-hybridized carbons (Fsp3) is 0.632. The molecule has 1 aromatic rings. The van der Waals surface area contributed by atoms with Gasteiger partial charge in [-0.25, -0.2) is 9.74 Å². The average Bonchev–Trinajstić information content (AvgIpc) is 2.59. The molecule has 0 aromatic heterocycles. The molecule has 0 fully saturated rings.